The van der Waals surface area contributed by atoms with Gasteiger partial charge in [-0.1, -0.05) is 44.2 Å². The van der Waals surface area contributed by atoms with Crippen molar-refractivity contribution in [3.05, 3.63) is 53.6 Å². The molecule has 0 saturated carbocycles. The van der Waals surface area contributed by atoms with E-state index in [1.54, 1.807) is 0 Å². The van der Waals surface area contributed by atoms with Gasteiger partial charge in [-0.25, -0.2) is 4.79 Å². The summed E-state index contributed by atoms with van der Waals surface area (Å²) in [5.74, 6) is 0.572. The summed E-state index contributed by atoms with van der Waals surface area (Å²) in [5.41, 5.74) is 2.46. The molecule has 3 aromatic carbocycles. The van der Waals surface area contributed by atoms with Gasteiger partial charge in [0.15, 0.2) is 0 Å². The Labute approximate surface area is 135 Å². The number of rotatable bonds is 3. The van der Waals surface area contributed by atoms with Crippen LogP contribution in [0.2, 0.25) is 0 Å². The van der Waals surface area contributed by atoms with Crippen molar-refractivity contribution >= 4 is 27.7 Å². The Balaban J connectivity index is 2.34. The van der Waals surface area contributed by atoms with Crippen LogP contribution < -0.4 is 4.74 Å². The fourth-order valence-corrected chi connectivity index (χ4v) is 2.85. The van der Waals surface area contributed by atoms with E-state index in [-0.39, 0.29) is 0 Å². The second-order valence-electron chi connectivity index (χ2n) is 5.58. The van der Waals surface area contributed by atoms with Gasteiger partial charge in [-0.05, 0) is 46.9 Å². The topological polar surface area (TPSA) is 35.5 Å². The Morgan fingerprint density at radius 3 is 2.26 bits per heavy atom. The zero-order chi connectivity index (χ0) is 16.4. The number of hydrogen-bond donors (Lipinski definition) is 0. The molecule has 0 aliphatic rings. The minimum Gasteiger partial charge on any atom is -0.437 e. The van der Waals surface area contributed by atoms with Gasteiger partial charge in [-0.15, -0.1) is 0 Å². The predicted octanol–water partition coefficient (Wildman–Crippen LogP) is 5.26. The molecule has 0 bridgehead atoms. The highest BCUT2D eigenvalue weighted by atomic mass is 16.7. The van der Waals surface area contributed by atoms with Gasteiger partial charge in [-0.3, -0.25) is 0 Å². The number of aryl methyl sites for hydroxylation is 2. The number of carbonyl (C=O) groups excluding carboxylic acids is 1. The van der Waals surface area contributed by atoms with Crippen LogP contribution in [-0.4, -0.2) is 13.3 Å². The maximum Gasteiger partial charge on any atom is 0.513 e. The van der Waals surface area contributed by atoms with Crippen molar-refractivity contribution in [3.8, 4) is 5.75 Å². The normalized spacial score (nSPS) is 10.9. The molecule has 0 atom stereocenters. The number of hydrogen-bond acceptors (Lipinski definition) is 3. The van der Waals surface area contributed by atoms with Crippen molar-refractivity contribution in [3.63, 3.8) is 0 Å². The van der Waals surface area contributed by atoms with E-state index in [0.717, 1.165) is 34.4 Å². The Morgan fingerprint density at radius 1 is 0.870 bits per heavy atom. The van der Waals surface area contributed by atoms with Crippen LogP contribution in [-0.2, 0) is 17.6 Å². The van der Waals surface area contributed by atoms with Crippen LogP contribution in [0.25, 0.3) is 21.5 Å². The lowest BCUT2D eigenvalue weighted by Crippen LogP contribution is -2.08. The zero-order valence-corrected chi connectivity index (χ0v) is 13.7. The first-order valence-electron chi connectivity index (χ1n) is 7.90. The molecule has 23 heavy (non-hydrogen) atoms. The molecule has 0 heterocycles. The molecule has 0 aliphatic heterocycles. The van der Waals surface area contributed by atoms with Crippen LogP contribution in [0.1, 0.15) is 25.0 Å². The van der Waals surface area contributed by atoms with Gasteiger partial charge >= 0.3 is 6.16 Å². The van der Waals surface area contributed by atoms with Gasteiger partial charge in [0.05, 0.1) is 7.11 Å². The molecular weight excluding hydrogens is 288 g/mol. The minimum atomic E-state index is -0.694. The van der Waals surface area contributed by atoms with Crippen molar-refractivity contribution in [2.75, 3.05) is 7.11 Å². The van der Waals surface area contributed by atoms with Crippen molar-refractivity contribution in [1.82, 2.24) is 0 Å². The molecule has 3 heteroatoms. The number of fused-ring (bicyclic) bond motifs is 2. The Kier molecular flexibility index (Phi) is 4.20. The molecular formula is C20H20O3. The molecule has 118 valence electrons. The van der Waals surface area contributed by atoms with E-state index < -0.39 is 6.16 Å². The van der Waals surface area contributed by atoms with Crippen LogP contribution >= 0.6 is 0 Å². The van der Waals surface area contributed by atoms with E-state index in [0.29, 0.717) is 5.75 Å². The largest absolute Gasteiger partial charge is 0.513 e. The summed E-state index contributed by atoms with van der Waals surface area (Å²) in [6.45, 7) is 4.23. The first kappa shape index (κ1) is 15.3. The van der Waals surface area contributed by atoms with Crippen LogP contribution in [0.4, 0.5) is 4.79 Å². The molecule has 0 aromatic heterocycles. The maximum atomic E-state index is 11.7. The monoisotopic (exact) mass is 308 g/mol. The Hall–Kier alpha value is -2.55. The number of benzene rings is 3. The molecule has 0 radical (unpaired) electrons. The third kappa shape index (κ3) is 2.87. The van der Waals surface area contributed by atoms with E-state index in [9.17, 15) is 4.79 Å². The van der Waals surface area contributed by atoms with Gasteiger partial charge in [0.25, 0.3) is 0 Å². The highest BCUT2D eigenvalue weighted by molar-refractivity contribution is 6.06. The van der Waals surface area contributed by atoms with Gasteiger partial charge in [0.2, 0.25) is 0 Å². The Bertz CT molecular complexity index is 881. The van der Waals surface area contributed by atoms with Gasteiger partial charge in [0.1, 0.15) is 5.75 Å². The van der Waals surface area contributed by atoms with E-state index >= 15 is 0 Å². The molecule has 0 saturated heterocycles. The lowest BCUT2D eigenvalue weighted by molar-refractivity contribution is 0.122. The van der Waals surface area contributed by atoms with E-state index in [1.807, 2.05) is 6.07 Å². The van der Waals surface area contributed by atoms with Crippen molar-refractivity contribution in [1.29, 1.82) is 0 Å². The summed E-state index contributed by atoms with van der Waals surface area (Å²) in [4.78, 5) is 11.7. The van der Waals surface area contributed by atoms with Gasteiger partial charge in [0, 0.05) is 10.8 Å². The molecule has 0 spiro atoms. The van der Waals surface area contributed by atoms with E-state index in [1.165, 1.54) is 18.2 Å². The second-order valence-corrected chi connectivity index (χ2v) is 5.58. The molecule has 0 unspecified atom stereocenters. The molecule has 0 amide bonds. The molecule has 3 aromatic rings. The van der Waals surface area contributed by atoms with Gasteiger partial charge in [-0.2, -0.15) is 0 Å². The summed E-state index contributed by atoms with van der Waals surface area (Å²) in [5, 5.41) is 3.99. The highest BCUT2D eigenvalue weighted by Gasteiger charge is 2.14. The van der Waals surface area contributed by atoms with Crippen molar-refractivity contribution in [2.45, 2.75) is 26.7 Å². The molecule has 3 nitrogen and oxygen atoms in total. The summed E-state index contributed by atoms with van der Waals surface area (Å²) in [7, 11) is 1.32. The standard InChI is InChI=1S/C20H20O3/c1-4-13-7-9-17-16(10-13)12-15-8-6-14(5-2)11-18(15)19(17)23-20(21)22-3/h6-12H,4-5H2,1-3H3. The van der Waals surface area contributed by atoms with Crippen LogP contribution in [0, 0.1) is 0 Å². The summed E-state index contributed by atoms with van der Waals surface area (Å²) in [6.07, 6.45) is 1.20. The lowest BCUT2D eigenvalue weighted by atomic mass is 9.98. The second kappa shape index (κ2) is 6.29. The number of ether oxygens (including phenoxy) is 2. The van der Waals surface area contributed by atoms with Crippen LogP contribution in [0.3, 0.4) is 0 Å². The summed E-state index contributed by atoms with van der Waals surface area (Å²) < 4.78 is 10.2. The van der Waals surface area contributed by atoms with Crippen molar-refractivity contribution in [2.24, 2.45) is 0 Å². The number of methoxy groups -OCH3 is 1. The lowest BCUT2D eigenvalue weighted by Gasteiger charge is -2.13. The van der Waals surface area contributed by atoms with Crippen LogP contribution in [0.15, 0.2) is 42.5 Å². The average molecular weight is 308 g/mol. The quantitative estimate of drug-likeness (QED) is 0.376. The maximum absolute atomic E-state index is 11.7. The SMILES string of the molecule is CCc1ccc2c(OC(=O)OC)c3cc(CC)ccc3cc2c1. The van der Waals surface area contributed by atoms with E-state index in [2.05, 4.69) is 50.2 Å². The molecule has 0 fully saturated rings. The first-order valence-corrected chi connectivity index (χ1v) is 7.90. The van der Waals surface area contributed by atoms with Gasteiger partial charge < -0.3 is 9.47 Å². The Morgan fingerprint density at radius 2 is 1.57 bits per heavy atom. The number of carbonyl (C=O) groups is 1. The molecule has 0 aliphatic carbocycles. The third-order valence-electron chi connectivity index (χ3n) is 4.20. The zero-order valence-electron chi connectivity index (χ0n) is 13.7. The smallest absolute Gasteiger partial charge is 0.437 e. The predicted molar refractivity (Wildman–Crippen MR) is 93.2 cm³/mol. The molecule has 0 N–H and O–H groups in total. The highest BCUT2D eigenvalue weighted by Crippen LogP contribution is 2.36. The third-order valence-corrected chi connectivity index (χ3v) is 4.20. The van der Waals surface area contributed by atoms with E-state index in [4.69, 9.17) is 9.47 Å². The fourth-order valence-electron chi connectivity index (χ4n) is 2.85. The summed E-state index contributed by atoms with van der Waals surface area (Å²) in [6, 6.07) is 14.7. The van der Waals surface area contributed by atoms with Crippen LogP contribution in [0.5, 0.6) is 5.75 Å². The summed E-state index contributed by atoms with van der Waals surface area (Å²) >= 11 is 0. The molecule has 3 rings (SSSR count). The first-order chi connectivity index (χ1) is 11.2. The minimum absolute atomic E-state index is 0.572. The van der Waals surface area contributed by atoms with Crippen molar-refractivity contribution < 1.29 is 14.3 Å². The average Bonchev–Trinajstić information content (AvgIpc) is 2.60. The fraction of sp³-hybridized carbons (Fsp3) is 0.250.